The first-order chi connectivity index (χ1) is 10.4. The number of carbonyl (C=O) groups excluding carboxylic acids is 1. The molecular weight excluding hydrogens is 276 g/mol. The molecule has 0 aromatic rings. The number of hydrogen-bond acceptors (Lipinski definition) is 3. The van der Waals surface area contributed by atoms with Crippen LogP contribution in [0.25, 0.3) is 0 Å². The molecule has 1 saturated heterocycles. The van der Waals surface area contributed by atoms with Crippen molar-refractivity contribution in [2.75, 3.05) is 19.6 Å². The maximum Gasteiger partial charge on any atom is 0.407 e. The molecule has 2 rings (SSSR count). The lowest BCUT2D eigenvalue weighted by Gasteiger charge is -2.36. The zero-order valence-electron chi connectivity index (χ0n) is 14.7. The quantitative estimate of drug-likeness (QED) is 0.858. The highest BCUT2D eigenvalue weighted by Crippen LogP contribution is 2.26. The van der Waals surface area contributed by atoms with Crippen molar-refractivity contribution in [1.29, 1.82) is 0 Å². The minimum absolute atomic E-state index is 0.250. The van der Waals surface area contributed by atoms with Gasteiger partial charge in [0.2, 0.25) is 0 Å². The van der Waals surface area contributed by atoms with E-state index in [1.165, 1.54) is 58.0 Å². The highest BCUT2D eigenvalue weighted by Gasteiger charge is 2.29. The molecule has 0 spiro atoms. The van der Waals surface area contributed by atoms with Crippen LogP contribution in [0.1, 0.15) is 72.1 Å². The Morgan fingerprint density at radius 2 is 1.68 bits per heavy atom. The molecule has 0 radical (unpaired) electrons. The third-order valence-electron chi connectivity index (χ3n) is 4.80. The van der Waals surface area contributed by atoms with Crippen LogP contribution in [0.5, 0.6) is 0 Å². The van der Waals surface area contributed by atoms with Crippen molar-refractivity contribution in [3.05, 3.63) is 0 Å². The van der Waals surface area contributed by atoms with E-state index in [0.717, 1.165) is 13.0 Å². The van der Waals surface area contributed by atoms with Crippen molar-refractivity contribution in [3.63, 3.8) is 0 Å². The topological polar surface area (TPSA) is 41.6 Å². The van der Waals surface area contributed by atoms with Crippen LogP contribution in [0.15, 0.2) is 0 Å². The summed E-state index contributed by atoms with van der Waals surface area (Å²) in [5.74, 6) is 0.583. The van der Waals surface area contributed by atoms with E-state index in [4.69, 9.17) is 4.74 Å². The second kappa shape index (κ2) is 8.19. The lowest BCUT2D eigenvalue weighted by Crippen LogP contribution is -2.48. The summed E-state index contributed by atoms with van der Waals surface area (Å²) in [5.41, 5.74) is -0.418. The van der Waals surface area contributed by atoms with Gasteiger partial charge in [-0.3, -0.25) is 0 Å². The van der Waals surface area contributed by atoms with Crippen LogP contribution in [-0.4, -0.2) is 42.3 Å². The number of rotatable bonds is 3. The first kappa shape index (κ1) is 17.6. The van der Waals surface area contributed by atoms with Gasteiger partial charge in [-0.25, -0.2) is 4.79 Å². The first-order valence-electron chi connectivity index (χ1n) is 9.16. The van der Waals surface area contributed by atoms with Crippen molar-refractivity contribution >= 4 is 6.09 Å². The standard InChI is InChI=1S/C18H34N2O2/c1-18(2,3)22-17(21)19-16-11-7-6-10-15(16)14-20-12-8-4-5-9-13-20/h15-16H,4-14H2,1-3H3,(H,19,21). The van der Waals surface area contributed by atoms with E-state index in [1.807, 2.05) is 20.8 Å². The van der Waals surface area contributed by atoms with E-state index < -0.39 is 5.60 Å². The van der Waals surface area contributed by atoms with Gasteiger partial charge in [0, 0.05) is 12.6 Å². The molecule has 1 saturated carbocycles. The van der Waals surface area contributed by atoms with Gasteiger partial charge >= 0.3 is 6.09 Å². The van der Waals surface area contributed by atoms with E-state index in [-0.39, 0.29) is 12.1 Å². The van der Waals surface area contributed by atoms with E-state index >= 15 is 0 Å². The van der Waals surface area contributed by atoms with E-state index in [2.05, 4.69) is 10.2 Å². The summed E-state index contributed by atoms with van der Waals surface area (Å²) in [5, 5.41) is 3.14. The van der Waals surface area contributed by atoms with Crippen LogP contribution >= 0.6 is 0 Å². The van der Waals surface area contributed by atoms with Gasteiger partial charge in [0.05, 0.1) is 0 Å². The molecule has 0 bridgehead atoms. The molecule has 2 atom stereocenters. The summed E-state index contributed by atoms with van der Waals surface area (Å²) in [6, 6.07) is 0.284. The second-order valence-electron chi connectivity index (χ2n) is 8.01. The van der Waals surface area contributed by atoms with Crippen molar-refractivity contribution in [3.8, 4) is 0 Å². The van der Waals surface area contributed by atoms with Crippen LogP contribution in [0.3, 0.4) is 0 Å². The highest BCUT2D eigenvalue weighted by atomic mass is 16.6. The maximum atomic E-state index is 12.1. The monoisotopic (exact) mass is 310 g/mol. The van der Waals surface area contributed by atoms with Gasteiger partial charge in [0.25, 0.3) is 0 Å². The number of carbonyl (C=O) groups is 1. The number of likely N-dealkylation sites (tertiary alicyclic amines) is 1. The third kappa shape index (κ3) is 6.15. The molecule has 0 aromatic heterocycles. The Morgan fingerprint density at radius 3 is 2.32 bits per heavy atom. The molecule has 2 aliphatic rings. The highest BCUT2D eigenvalue weighted by molar-refractivity contribution is 5.68. The summed E-state index contributed by atoms with van der Waals surface area (Å²) in [6.07, 6.45) is 10.0. The predicted molar refractivity (Wildman–Crippen MR) is 90.0 cm³/mol. The van der Waals surface area contributed by atoms with Gasteiger partial charge < -0.3 is 15.0 Å². The molecule has 1 N–H and O–H groups in total. The van der Waals surface area contributed by atoms with Crippen LogP contribution in [0.4, 0.5) is 4.79 Å². The van der Waals surface area contributed by atoms with E-state index in [0.29, 0.717) is 5.92 Å². The van der Waals surface area contributed by atoms with Crippen LogP contribution < -0.4 is 5.32 Å². The summed E-state index contributed by atoms with van der Waals surface area (Å²) < 4.78 is 5.44. The predicted octanol–water partition coefficient (Wildman–Crippen LogP) is 3.95. The van der Waals surface area contributed by atoms with Gasteiger partial charge in [-0.15, -0.1) is 0 Å². The zero-order chi connectivity index (χ0) is 16.0. The maximum absolute atomic E-state index is 12.1. The summed E-state index contributed by atoms with van der Waals surface area (Å²) in [6.45, 7) is 9.36. The van der Waals surface area contributed by atoms with Gasteiger partial charge in [-0.05, 0) is 65.5 Å². The fraction of sp³-hybridized carbons (Fsp3) is 0.944. The Kier molecular flexibility index (Phi) is 6.54. The molecule has 4 heteroatoms. The number of nitrogens with one attached hydrogen (secondary N) is 1. The van der Waals surface area contributed by atoms with Crippen molar-refractivity contribution in [2.45, 2.75) is 83.8 Å². The molecule has 2 unspecified atom stereocenters. The van der Waals surface area contributed by atoms with Crippen LogP contribution in [-0.2, 0) is 4.74 Å². The SMILES string of the molecule is CC(C)(C)OC(=O)NC1CCCCC1CN1CCCCCC1. The van der Waals surface area contributed by atoms with Gasteiger partial charge in [0.1, 0.15) is 5.60 Å². The molecule has 22 heavy (non-hydrogen) atoms. The zero-order valence-corrected chi connectivity index (χ0v) is 14.7. The van der Waals surface area contributed by atoms with Crippen LogP contribution in [0.2, 0.25) is 0 Å². The largest absolute Gasteiger partial charge is 0.444 e. The Balaban J connectivity index is 1.85. The van der Waals surface area contributed by atoms with Crippen molar-refractivity contribution < 1.29 is 9.53 Å². The molecule has 1 aliphatic carbocycles. The molecule has 1 heterocycles. The summed E-state index contributed by atoms with van der Waals surface area (Å²) in [7, 11) is 0. The average Bonchev–Trinajstić information content (AvgIpc) is 2.67. The minimum atomic E-state index is -0.418. The molecule has 2 fully saturated rings. The fourth-order valence-corrected chi connectivity index (χ4v) is 3.73. The summed E-state index contributed by atoms with van der Waals surface area (Å²) >= 11 is 0. The normalized spacial score (nSPS) is 28.0. The molecule has 0 aromatic carbocycles. The number of ether oxygens (including phenoxy) is 1. The Bertz CT molecular complexity index is 343. The lowest BCUT2D eigenvalue weighted by atomic mass is 9.84. The Hall–Kier alpha value is -0.770. The van der Waals surface area contributed by atoms with E-state index in [1.54, 1.807) is 0 Å². The Labute approximate surface area is 136 Å². The number of amides is 1. The molecule has 4 nitrogen and oxygen atoms in total. The van der Waals surface area contributed by atoms with Crippen LogP contribution in [0, 0.1) is 5.92 Å². The average molecular weight is 310 g/mol. The third-order valence-corrected chi connectivity index (χ3v) is 4.80. The minimum Gasteiger partial charge on any atom is -0.444 e. The van der Waals surface area contributed by atoms with Crippen molar-refractivity contribution in [1.82, 2.24) is 10.2 Å². The van der Waals surface area contributed by atoms with Gasteiger partial charge in [-0.2, -0.15) is 0 Å². The number of hydrogen-bond donors (Lipinski definition) is 1. The number of nitrogens with zero attached hydrogens (tertiary/aromatic N) is 1. The lowest BCUT2D eigenvalue weighted by molar-refractivity contribution is 0.0455. The smallest absolute Gasteiger partial charge is 0.407 e. The second-order valence-corrected chi connectivity index (χ2v) is 8.01. The molecule has 128 valence electrons. The first-order valence-corrected chi connectivity index (χ1v) is 9.16. The van der Waals surface area contributed by atoms with Gasteiger partial charge in [0.15, 0.2) is 0 Å². The van der Waals surface area contributed by atoms with E-state index in [9.17, 15) is 4.79 Å². The van der Waals surface area contributed by atoms with Crippen molar-refractivity contribution in [2.24, 2.45) is 5.92 Å². The summed E-state index contributed by atoms with van der Waals surface area (Å²) in [4.78, 5) is 14.7. The Morgan fingerprint density at radius 1 is 1.05 bits per heavy atom. The fourth-order valence-electron chi connectivity index (χ4n) is 3.73. The van der Waals surface area contributed by atoms with Gasteiger partial charge in [-0.1, -0.05) is 25.7 Å². The molecule has 1 amide bonds. The molecule has 1 aliphatic heterocycles. The molecular formula is C18H34N2O2. The number of alkyl carbamates (subject to hydrolysis) is 1.